The van der Waals surface area contributed by atoms with E-state index in [1.54, 1.807) is 24.1 Å². The summed E-state index contributed by atoms with van der Waals surface area (Å²) in [5.41, 5.74) is 3.44. The highest BCUT2D eigenvalue weighted by Crippen LogP contribution is 2.32. The molecule has 1 amide bonds. The van der Waals surface area contributed by atoms with Crippen molar-refractivity contribution < 1.29 is 19.0 Å². The molecule has 5 heteroatoms. The minimum absolute atomic E-state index is 0.0257. The Morgan fingerprint density at radius 2 is 1.96 bits per heavy atom. The molecular weight excluding hydrogens is 330 g/mol. The molecule has 0 aliphatic carbocycles. The molecule has 5 nitrogen and oxygen atoms in total. The third kappa shape index (κ3) is 3.58. The summed E-state index contributed by atoms with van der Waals surface area (Å²) in [6.07, 6.45) is 4.23. The minimum Gasteiger partial charge on any atom is -0.454 e. The number of rotatable bonds is 4. The van der Waals surface area contributed by atoms with E-state index >= 15 is 0 Å². The van der Waals surface area contributed by atoms with Gasteiger partial charge in [0.1, 0.15) is 0 Å². The van der Waals surface area contributed by atoms with Gasteiger partial charge in [0.2, 0.25) is 12.7 Å². The predicted octanol–water partition coefficient (Wildman–Crippen LogP) is 3.03. The molecule has 2 aliphatic rings. The number of benzene rings is 2. The summed E-state index contributed by atoms with van der Waals surface area (Å²) < 4.78 is 16.5. The van der Waals surface area contributed by atoms with Crippen LogP contribution >= 0.6 is 0 Å². The van der Waals surface area contributed by atoms with Crippen LogP contribution < -0.4 is 9.47 Å². The van der Waals surface area contributed by atoms with Gasteiger partial charge < -0.3 is 19.1 Å². The van der Waals surface area contributed by atoms with Crippen LogP contribution in [0.1, 0.15) is 16.7 Å². The Hall–Kier alpha value is -2.79. The lowest BCUT2D eigenvalue weighted by molar-refractivity contribution is -0.126. The molecule has 0 spiro atoms. The number of likely N-dealkylation sites (N-methyl/N-ethyl adjacent to an activating group) is 1. The molecule has 2 aliphatic heterocycles. The minimum atomic E-state index is -0.0508. The van der Waals surface area contributed by atoms with Gasteiger partial charge in [-0.2, -0.15) is 0 Å². The fraction of sp³-hybridized carbons (Fsp3) is 0.286. The number of fused-ring (bicyclic) bond motifs is 2. The van der Waals surface area contributed by atoms with Crippen LogP contribution in [0.25, 0.3) is 6.08 Å². The van der Waals surface area contributed by atoms with Gasteiger partial charge in [0.25, 0.3) is 0 Å². The second-order valence-corrected chi connectivity index (χ2v) is 6.57. The Kier molecular flexibility index (Phi) is 4.63. The highest BCUT2D eigenvalue weighted by Gasteiger charge is 2.21. The van der Waals surface area contributed by atoms with E-state index in [2.05, 4.69) is 12.1 Å². The summed E-state index contributed by atoms with van der Waals surface area (Å²) in [7, 11) is 1.80. The molecule has 2 aromatic carbocycles. The molecule has 0 radical (unpaired) electrons. The molecule has 4 rings (SSSR count). The quantitative estimate of drug-likeness (QED) is 0.795. The SMILES string of the molecule is CN(CC1Cc2ccccc2CO1)C(=O)/C=C/c1ccc2c(c1)OCO2. The maximum Gasteiger partial charge on any atom is 0.246 e. The van der Waals surface area contributed by atoms with E-state index in [0.29, 0.717) is 18.9 Å². The lowest BCUT2D eigenvalue weighted by Gasteiger charge is -2.28. The van der Waals surface area contributed by atoms with Gasteiger partial charge >= 0.3 is 0 Å². The van der Waals surface area contributed by atoms with Crippen LogP contribution in [0.5, 0.6) is 11.5 Å². The highest BCUT2D eigenvalue weighted by atomic mass is 16.7. The van der Waals surface area contributed by atoms with Gasteiger partial charge in [-0.1, -0.05) is 30.3 Å². The fourth-order valence-corrected chi connectivity index (χ4v) is 3.23. The fourth-order valence-electron chi connectivity index (χ4n) is 3.23. The van der Waals surface area contributed by atoms with Gasteiger partial charge in [-0.05, 0) is 34.9 Å². The van der Waals surface area contributed by atoms with E-state index in [0.717, 1.165) is 17.7 Å². The number of carbonyl (C=O) groups excluding carboxylic acids is 1. The van der Waals surface area contributed by atoms with Gasteiger partial charge in [-0.25, -0.2) is 0 Å². The van der Waals surface area contributed by atoms with Crippen molar-refractivity contribution in [3.63, 3.8) is 0 Å². The number of carbonyl (C=O) groups is 1. The zero-order chi connectivity index (χ0) is 17.9. The normalized spacial score (nSPS) is 18.0. The van der Waals surface area contributed by atoms with E-state index in [1.807, 2.05) is 30.3 Å². The molecule has 0 aromatic heterocycles. The summed E-state index contributed by atoms with van der Waals surface area (Å²) in [6, 6.07) is 13.9. The molecule has 2 heterocycles. The number of nitrogens with zero attached hydrogens (tertiary/aromatic N) is 1. The first-order chi connectivity index (χ1) is 12.7. The van der Waals surface area contributed by atoms with E-state index in [9.17, 15) is 4.79 Å². The smallest absolute Gasteiger partial charge is 0.246 e. The molecule has 26 heavy (non-hydrogen) atoms. The number of hydrogen-bond donors (Lipinski definition) is 0. The third-order valence-electron chi connectivity index (χ3n) is 4.71. The average Bonchev–Trinajstić information content (AvgIpc) is 3.13. The van der Waals surface area contributed by atoms with Crippen LogP contribution in [-0.4, -0.2) is 37.3 Å². The molecule has 2 aromatic rings. The molecule has 134 valence electrons. The molecule has 0 saturated carbocycles. The van der Waals surface area contributed by atoms with Crippen molar-refractivity contribution in [3.8, 4) is 11.5 Å². The first-order valence-electron chi connectivity index (χ1n) is 8.70. The molecule has 1 unspecified atom stereocenters. The van der Waals surface area contributed by atoms with E-state index in [-0.39, 0.29) is 18.8 Å². The van der Waals surface area contributed by atoms with E-state index in [4.69, 9.17) is 14.2 Å². The van der Waals surface area contributed by atoms with E-state index in [1.165, 1.54) is 11.1 Å². The summed E-state index contributed by atoms with van der Waals surface area (Å²) in [6.45, 7) is 1.42. The van der Waals surface area contributed by atoms with Gasteiger partial charge in [-0.3, -0.25) is 4.79 Å². The second-order valence-electron chi connectivity index (χ2n) is 6.57. The van der Waals surface area contributed by atoms with Crippen molar-refractivity contribution in [1.29, 1.82) is 0 Å². The zero-order valence-electron chi connectivity index (χ0n) is 14.7. The molecule has 1 atom stereocenters. The van der Waals surface area contributed by atoms with Crippen LogP contribution in [-0.2, 0) is 22.6 Å². The Balaban J connectivity index is 1.35. The monoisotopic (exact) mass is 351 g/mol. The van der Waals surface area contributed by atoms with Crippen LogP contribution in [0.15, 0.2) is 48.5 Å². The number of hydrogen-bond acceptors (Lipinski definition) is 4. The number of ether oxygens (including phenoxy) is 3. The maximum absolute atomic E-state index is 12.4. The average molecular weight is 351 g/mol. The van der Waals surface area contributed by atoms with Crippen molar-refractivity contribution in [2.75, 3.05) is 20.4 Å². The third-order valence-corrected chi connectivity index (χ3v) is 4.71. The highest BCUT2D eigenvalue weighted by molar-refractivity contribution is 5.91. The lowest BCUT2D eigenvalue weighted by Crippen LogP contribution is -2.37. The van der Waals surface area contributed by atoms with Gasteiger partial charge in [0.15, 0.2) is 11.5 Å². The molecular formula is C21H21NO4. The lowest BCUT2D eigenvalue weighted by atomic mass is 9.99. The van der Waals surface area contributed by atoms with Crippen molar-refractivity contribution in [1.82, 2.24) is 4.90 Å². The Morgan fingerprint density at radius 3 is 2.85 bits per heavy atom. The van der Waals surface area contributed by atoms with Gasteiger partial charge in [-0.15, -0.1) is 0 Å². The predicted molar refractivity (Wildman–Crippen MR) is 98.0 cm³/mol. The standard InChI is InChI=1S/C21H21NO4/c1-22(12-18-11-16-4-2-3-5-17(16)13-24-18)21(23)9-7-15-6-8-19-20(10-15)26-14-25-19/h2-10,18H,11-14H2,1H3/b9-7+. The molecule has 0 saturated heterocycles. The van der Waals surface area contributed by atoms with Crippen molar-refractivity contribution in [3.05, 3.63) is 65.2 Å². The summed E-state index contributed by atoms with van der Waals surface area (Å²) in [5.74, 6) is 1.40. The Morgan fingerprint density at radius 1 is 1.15 bits per heavy atom. The second kappa shape index (κ2) is 7.22. The van der Waals surface area contributed by atoms with Gasteiger partial charge in [0.05, 0.1) is 12.7 Å². The van der Waals surface area contributed by atoms with Crippen molar-refractivity contribution in [2.45, 2.75) is 19.1 Å². The summed E-state index contributed by atoms with van der Waals surface area (Å²) >= 11 is 0. The molecule has 0 N–H and O–H groups in total. The van der Waals surface area contributed by atoms with Crippen LogP contribution in [0, 0.1) is 0 Å². The Labute approximate surface area is 152 Å². The maximum atomic E-state index is 12.4. The summed E-state index contributed by atoms with van der Waals surface area (Å²) in [5, 5.41) is 0. The van der Waals surface area contributed by atoms with Crippen molar-refractivity contribution in [2.24, 2.45) is 0 Å². The molecule has 0 fully saturated rings. The zero-order valence-corrected chi connectivity index (χ0v) is 14.7. The van der Waals surface area contributed by atoms with Crippen LogP contribution in [0.4, 0.5) is 0 Å². The van der Waals surface area contributed by atoms with Gasteiger partial charge in [0, 0.05) is 26.1 Å². The first kappa shape index (κ1) is 16.7. The number of amides is 1. The largest absolute Gasteiger partial charge is 0.454 e. The topological polar surface area (TPSA) is 48.0 Å². The van der Waals surface area contributed by atoms with Crippen LogP contribution in [0.2, 0.25) is 0 Å². The molecule has 0 bridgehead atoms. The Bertz CT molecular complexity index is 846. The van der Waals surface area contributed by atoms with Crippen LogP contribution in [0.3, 0.4) is 0 Å². The first-order valence-corrected chi connectivity index (χ1v) is 8.70. The van der Waals surface area contributed by atoms with E-state index < -0.39 is 0 Å². The summed E-state index contributed by atoms with van der Waals surface area (Å²) in [4.78, 5) is 14.1. The van der Waals surface area contributed by atoms with Crippen molar-refractivity contribution >= 4 is 12.0 Å².